The molecule has 0 saturated carbocycles. The molecule has 2 fully saturated rings. The molecule has 206 valence electrons. The van der Waals surface area contributed by atoms with Gasteiger partial charge in [-0.3, -0.25) is 9.69 Å². The molecular formula is C29H39N9O. The number of nitrogens with two attached hydrogens (primary N) is 1. The lowest BCUT2D eigenvalue weighted by Crippen LogP contribution is -2.54. The number of carbonyl (C=O) groups excluding carboxylic acids is 1. The highest BCUT2D eigenvalue weighted by Crippen LogP contribution is 2.29. The second-order valence-electron chi connectivity index (χ2n) is 11.4. The van der Waals surface area contributed by atoms with Gasteiger partial charge in [-0.25, -0.2) is 14.6 Å². The Morgan fingerprint density at radius 1 is 0.974 bits per heavy atom. The van der Waals surface area contributed by atoms with Crippen molar-refractivity contribution < 1.29 is 4.79 Å². The topological polar surface area (TPSA) is 99.6 Å². The van der Waals surface area contributed by atoms with Crippen LogP contribution in [-0.2, 0) is 13.0 Å². The van der Waals surface area contributed by atoms with Crippen molar-refractivity contribution in [2.24, 2.45) is 0 Å². The van der Waals surface area contributed by atoms with Crippen LogP contribution in [-0.4, -0.2) is 111 Å². The minimum Gasteiger partial charge on any atom is -0.381 e. The molecule has 0 radical (unpaired) electrons. The number of nitrogens with zero attached hydrogens (tertiary/aromatic N) is 8. The Morgan fingerprint density at radius 2 is 1.74 bits per heavy atom. The van der Waals surface area contributed by atoms with Gasteiger partial charge in [0, 0.05) is 57.1 Å². The summed E-state index contributed by atoms with van der Waals surface area (Å²) in [7, 11) is 4.34. The quantitative estimate of drug-likeness (QED) is 0.548. The monoisotopic (exact) mass is 529 g/mol. The molecule has 10 nitrogen and oxygen atoms in total. The Morgan fingerprint density at radius 3 is 2.51 bits per heavy atom. The number of nitrogen functional groups attached to an aromatic ring is 1. The van der Waals surface area contributed by atoms with Gasteiger partial charge in [-0.1, -0.05) is 0 Å². The summed E-state index contributed by atoms with van der Waals surface area (Å²) >= 11 is 0. The molecule has 2 N–H and O–H groups in total. The van der Waals surface area contributed by atoms with Crippen molar-refractivity contribution in [3.05, 3.63) is 53.0 Å². The number of likely N-dealkylation sites (tertiary alicyclic amines) is 1. The van der Waals surface area contributed by atoms with Gasteiger partial charge in [0.15, 0.2) is 11.6 Å². The predicted octanol–water partition coefficient (Wildman–Crippen LogP) is 2.06. The molecule has 0 atom stereocenters. The van der Waals surface area contributed by atoms with E-state index in [9.17, 15) is 4.79 Å². The molecule has 0 spiro atoms. The number of amides is 1. The van der Waals surface area contributed by atoms with Gasteiger partial charge in [0.25, 0.3) is 5.91 Å². The van der Waals surface area contributed by atoms with E-state index in [1.54, 1.807) is 23.3 Å². The number of rotatable bonds is 4. The van der Waals surface area contributed by atoms with Crippen LogP contribution in [0.2, 0.25) is 0 Å². The Kier molecular flexibility index (Phi) is 7.09. The van der Waals surface area contributed by atoms with Crippen molar-refractivity contribution in [2.45, 2.75) is 38.8 Å². The number of hydrogen-bond acceptors (Lipinski definition) is 8. The number of piperidine rings is 1. The van der Waals surface area contributed by atoms with Crippen molar-refractivity contribution in [3.63, 3.8) is 0 Å². The summed E-state index contributed by atoms with van der Waals surface area (Å²) in [5.74, 6) is 0.717. The average Bonchev–Trinajstić information content (AvgIpc) is 3.43. The third kappa shape index (κ3) is 5.28. The summed E-state index contributed by atoms with van der Waals surface area (Å²) in [6.45, 7) is 9.79. The number of benzene rings is 1. The molecule has 3 aliphatic heterocycles. The predicted molar refractivity (Wildman–Crippen MR) is 152 cm³/mol. The second kappa shape index (κ2) is 10.7. The largest absolute Gasteiger partial charge is 0.381 e. The number of likely N-dealkylation sites (N-methyl/N-ethyl adjacent to an activating group) is 1. The fraction of sp³-hybridized carbons (Fsp3) is 0.517. The molecule has 10 heteroatoms. The number of piperazine rings is 1. The first-order chi connectivity index (χ1) is 18.9. The molecule has 1 aromatic carbocycles. The fourth-order valence-corrected chi connectivity index (χ4v) is 6.29. The molecule has 3 aromatic rings. The molecular weight excluding hydrogens is 490 g/mol. The molecule has 6 rings (SSSR count). The van der Waals surface area contributed by atoms with E-state index in [1.165, 1.54) is 29.5 Å². The molecule has 0 unspecified atom stereocenters. The Hall–Kier alpha value is -3.34. The van der Waals surface area contributed by atoms with Gasteiger partial charge in [-0.15, -0.1) is 0 Å². The van der Waals surface area contributed by atoms with Gasteiger partial charge in [-0.2, -0.15) is 5.10 Å². The van der Waals surface area contributed by atoms with Crippen molar-refractivity contribution >= 4 is 11.7 Å². The van der Waals surface area contributed by atoms with Crippen LogP contribution in [0.1, 0.15) is 39.9 Å². The molecule has 0 bridgehead atoms. The van der Waals surface area contributed by atoms with Crippen LogP contribution in [0.3, 0.4) is 0 Å². The molecule has 2 saturated heterocycles. The molecule has 0 aliphatic carbocycles. The van der Waals surface area contributed by atoms with Gasteiger partial charge < -0.3 is 20.4 Å². The molecule has 39 heavy (non-hydrogen) atoms. The first-order valence-corrected chi connectivity index (χ1v) is 14.1. The summed E-state index contributed by atoms with van der Waals surface area (Å²) in [5.41, 5.74) is 12.6. The van der Waals surface area contributed by atoms with E-state index in [-0.39, 0.29) is 11.7 Å². The Balaban J connectivity index is 1.17. The first kappa shape index (κ1) is 25.9. The number of anilines is 1. The molecule has 2 aromatic heterocycles. The minimum absolute atomic E-state index is 0.00129. The molecule has 1 amide bonds. The number of hydrogen-bond donors (Lipinski definition) is 1. The minimum atomic E-state index is 0.00129. The van der Waals surface area contributed by atoms with E-state index < -0.39 is 0 Å². The van der Waals surface area contributed by atoms with Gasteiger partial charge in [0.05, 0.1) is 23.7 Å². The van der Waals surface area contributed by atoms with Crippen molar-refractivity contribution in [2.75, 3.05) is 65.6 Å². The maximum absolute atomic E-state index is 13.3. The highest BCUT2D eigenvalue weighted by molar-refractivity contribution is 5.94. The molecule has 5 heterocycles. The van der Waals surface area contributed by atoms with Gasteiger partial charge in [0.1, 0.15) is 0 Å². The van der Waals surface area contributed by atoms with Crippen LogP contribution >= 0.6 is 0 Å². The lowest BCUT2D eigenvalue weighted by molar-refractivity contribution is 0.0475. The Bertz CT molecular complexity index is 1350. The molecule has 3 aliphatic rings. The van der Waals surface area contributed by atoms with E-state index >= 15 is 0 Å². The smallest absolute Gasteiger partial charge is 0.257 e. The summed E-state index contributed by atoms with van der Waals surface area (Å²) in [6, 6.07) is 5.03. The van der Waals surface area contributed by atoms with Crippen LogP contribution in [0.25, 0.3) is 17.1 Å². The maximum Gasteiger partial charge on any atom is 0.257 e. The number of aryl methyl sites for hydroxylation is 1. The zero-order valence-corrected chi connectivity index (χ0v) is 23.3. The second-order valence-corrected chi connectivity index (χ2v) is 11.4. The average molecular weight is 530 g/mol. The highest BCUT2D eigenvalue weighted by Gasteiger charge is 2.29. The van der Waals surface area contributed by atoms with Crippen LogP contribution in [0, 0.1) is 6.92 Å². The number of fused-ring (bicyclic) bond motifs is 1. The zero-order valence-electron chi connectivity index (χ0n) is 23.3. The van der Waals surface area contributed by atoms with Crippen LogP contribution in [0.4, 0.5) is 5.82 Å². The van der Waals surface area contributed by atoms with Gasteiger partial charge >= 0.3 is 0 Å². The third-order valence-electron chi connectivity index (χ3n) is 8.68. The summed E-state index contributed by atoms with van der Waals surface area (Å²) in [5, 5.41) is 4.46. The van der Waals surface area contributed by atoms with E-state index in [4.69, 9.17) is 10.7 Å². The fourth-order valence-electron chi connectivity index (χ4n) is 6.29. The summed E-state index contributed by atoms with van der Waals surface area (Å²) < 4.78 is 1.58. The van der Waals surface area contributed by atoms with E-state index in [1.807, 2.05) is 4.90 Å². The lowest BCUT2D eigenvalue weighted by atomic mass is 9.92. The zero-order chi connectivity index (χ0) is 27.1. The number of aromatic nitrogens is 4. The Labute approximate surface area is 230 Å². The lowest BCUT2D eigenvalue weighted by Gasteiger charge is -2.42. The number of carbonyl (C=O) groups is 1. The SMILES string of the molecule is Cc1cc(-c2cnc(N)c(-n3cc(C(=O)N4CCN(C5CCN(C)CC5)CC4)cn3)n2)cc2c1CCN(C)C2. The maximum atomic E-state index is 13.3. The summed E-state index contributed by atoms with van der Waals surface area (Å²) in [6.07, 6.45) is 8.53. The van der Waals surface area contributed by atoms with Crippen molar-refractivity contribution in [3.8, 4) is 17.1 Å². The van der Waals surface area contributed by atoms with Crippen molar-refractivity contribution in [1.29, 1.82) is 0 Å². The van der Waals surface area contributed by atoms with Crippen molar-refractivity contribution in [1.82, 2.24) is 39.3 Å². The van der Waals surface area contributed by atoms with Crippen LogP contribution < -0.4 is 5.73 Å². The van der Waals surface area contributed by atoms with E-state index in [0.717, 1.165) is 70.0 Å². The normalized spacial score (nSPS) is 19.8. The standard InChI is InChI=1S/C29H39N9O/c1-20-14-21(15-22-18-35(3)9-6-25(20)22)26-17-31-27(30)28(33-26)38-19-23(16-32-38)29(39)37-12-10-36(11-13-37)24-4-7-34(2)8-5-24/h14-17,19,24H,4-13,18H2,1-3H3,(H2,30,31). The van der Waals surface area contributed by atoms with Gasteiger partial charge in [0.2, 0.25) is 0 Å². The van der Waals surface area contributed by atoms with E-state index in [0.29, 0.717) is 17.4 Å². The van der Waals surface area contributed by atoms with Crippen LogP contribution in [0.15, 0.2) is 30.7 Å². The van der Waals surface area contributed by atoms with Crippen LogP contribution in [0.5, 0.6) is 0 Å². The summed E-state index contributed by atoms with van der Waals surface area (Å²) in [4.78, 5) is 31.8. The van der Waals surface area contributed by atoms with E-state index in [2.05, 4.69) is 57.9 Å². The highest BCUT2D eigenvalue weighted by atomic mass is 16.2. The first-order valence-electron chi connectivity index (χ1n) is 14.1. The van der Waals surface area contributed by atoms with Gasteiger partial charge in [-0.05, 0) is 82.2 Å². The third-order valence-corrected chi connectivity index (χ3v) is 8.68.